The van der Waals surface area contributed by atoms with E-state index in [1.807, 2.05) is 11.8 Å². The van der Waals surface area contributed by atoms with Gasteiger partial charge in [0.2, 0.25) is 0 Å². The third-order valence-corrected chi connectivity index (χ3v) is 3.57. The Labute approximate surface area is 97.1 Å². The lowest BCUT2D eigenvalue weighted by atomic mass is 10.1. The SMILES string of the molecule is COCCCCN=C1NC(C(C)C)CS1. The zero-order chi connectivity index (χ0) is 11.1. The molecule has 1 heterocycles. The minimum absolute atomic E-state index is 0.604. The van der Waals surface area contributed by atoms with Gasteiger partial charge in [-0.2, -0.15) is 0 Å². The van der Waals surface area contributed by atoms with Gasteiger partial charge in [-0.15, -0.1) is 0 Å². The number of amidine groups is 1. The number of aliphatic imine (C=N–C) groups is 1. The quantitative estimate of drug-likeness (QED) is 0.710. The highest BCUT2D eigenvalue weighted by Gasteiger charge is 2.22. The molecule has 0 saturated carbocycles. The van der Waals surface area contributed by atoms with E-state index < -0.39 is 0 Å². The summed E-state index contributed by atoms with van der Waals surface area (Å²) in [5.74, 6) is 1.85. The van der Waals surface area contributed by atoms with Crippen LogP contribution in [0.1, 0.15) is 26.7 Å². The molecule has 15 heavy (non-hydrogen) atoms. The monoisotopic (exact) mass is 230 g/mol. The molecule has 1 rings (SSSR count). The van der Waals surface area contributed by atoms with Gasteiger partial charge in [-0.3, -0.25) is 4.99 Å². The third kappa shape index (κ3) is 4.89. The predicted octanol–water partition coefficient (Wildman–Crippen LogP) is 2.13. The number of nitrogens with one attached hydrogen (secondary N) is 1. The first-order valence-corrected chi connectivity index (χ1v) is 6.65. The zero-order valence-corrected chi connectivity index (χ0v) is 10.8. The second-order valence-electron chi connectivity index (χ2n) is 4.19. The second kappa shape index (κ2) is 7.12. The summed E-state index contributed by atoms with van der Waals surface area (Å²) < 4.78 is 4.99. The maximum Gasteiger partial charge on any atom is 0.156 e. The number of nitrogens with zero attached hydrogens (tertiary/aromatic N) is 1. The van der Waals surface area contributed by atoms with Crippen molar-refractivity contribution in [3.05, 3.63) is 0 Å². The van der Waals surface area contributed by atoms with E-state index in [4.69, 9.17) is 4.74 Å². The minimum Gasteiger partial charge on any atom is -0.385 e. The first kappa shape index (κ1) is 12.8. The fourth-order valence-corrected chi connectivity index (χ4v) is 2.62. The summed E-state index contributed by atoms with van der Waals surface area (Å²) in [6.07, 6.45) is 2.22. The molecule has 1 unspecified atom stereocenters. The van der Waals surface area contributed by atoms with Gasteiger partial charge in [0.05, 0.1) is 0 Å². The Bertz CT molecular complexity index is 207. The smallest absolute Gasteiger partial charge is 0.156 e. The summed E-state index contributed by atoms with van der Waals surface area (Å²) in [5.41, 5.74) is 0. The Hall–Kier alpha value is -0.220. The van der Waals surface area contributed by atoms with E-state index in [0.717, 1.165) is 36.9 Å². The van der Waals surface area contributed by atoms with Crippen molar-refractivity contribution >= 4 is 16.9 Å². The Morgan fingerprint density at radius 1 is 1.53 bits per heavy atom. The van der Waals surface area contributed by atoms with E-state index in [2.05, 4.69) is 24.2 Å². The summed E-state index contributed by atoms with van der Waals surface area (Å²) in [7, 11) is 1.74. The second-order valence-corrected chi connectivity index (χ2v) is 5.20. The first-order valence-electron chi connectivity index (χ1n) is 5.66. The number of hydrogen-bond acceptors (Lipinski definition) is 3. The highest BCUT2D eigenvalue weighted by Crippen LogP contribution is 2.18. The molecular formula is C11H22N2OS. The van der Waals surface area contributed by atoms with Crippen LogP contribution in [0.5, 0.6) is 0 Å². The molecule has 1 aliphatic heterocycles. The molecule has 0 bridgehead atoms. The van der Waals surface area contributed by atoms with E-state index in [0.29, 0.717) is 12.0 Å². The minimum atomic E-state index is 0.604. The van der Waals surface area contributed by atoms with E-state index in [9.17, 15) is 0 Å². The van der Waals surface area contributed by atoms with E-state index in [1.165, 1.54) is 0 Å². The summed E-state index contributed by atoms with van der Waals surface area (Å²) in [6, 6.07) is 0.604. The molecule has 0 aromatic carbocycles. The number of unbranched alkanes of at least 4 members (excludes halogenated alkanes) is 1. The predicted molar refractivity (Wildman–Crippen MR) is 67.6 cm³/mol. The molecule has 0 aromatic rings. The van der Waals surface area contributed by atoms with Crippen LogP contribution in [0.2, 0.25) is 0 Å². The van der Waals surface area contributed by atoms with Gasteiger partial charge in [0.1, 0.15) is 0 Å². The van der Waals surface area contributed by atoms with Crippen LogP contribution in [0.25, 0.3) is 0 Å². The number of hydrogen-bond donors (Lipinski definition) is 1. The average molecular weight is 230 g/mol. The summed E-state index contributed by atoms with van der Waals surface area (Å²) in [4.78, 5) is 4.54. The van der Waals surface area contributed by atoms with Gasteiger partial charge in [0, 0.05) is 32.1 Å². The molecule has 0 radical (unpaired) electrons. The number of methoxy groups -OCH3 is 1. The van der Waals surface area contributed by atoms with Crippen LogP contribution >= 0.6 is 11.8 Å². The summed E-state index contributed by atoms with van der Waals surface area (Å²) in [6.45, 7) is 6.27. The van der Waals surface area contributed by atoms with Crippen molar-refractivity contribution in [1.82, 2.24) is 5.32 Å². The lowest BCUT2D eigenvalue weighted by Gasteiger charge is -2.13. The highest BCUT2D eigenvalue weighted by molar-refractivity contribution is 8.14. The Balaban J connectivity index is 2.13. The number of rotatable bonds is 6. The molecular weight excluding hydrogens is 208 g/mol. The van der Waals surface area contributed by atoms with Gasteiger partial charge in [0.15, 0.2) is 5.17 Å². The number of ether oxygens (including phenoxy) is 1. The average Bonchev–Trinajstić information content (AvgIpc) is 2.66. The van der Waals surface area contributed by atoms with Crippen LogP contribution in [-0.2, 0) is 4.74 Å². The largest absolute Gasteiger partial charge is 0.385 e. The zero-order valence-electron chi connectivity index (χ0n) is 9.95. The molecule has 0 aliphatic carbocycles. The summed E-state index contributed by atoms with van der Waals surface area (Å²) in [5, 5.41) is 4.59. The molecule has 1 fully saturated rings. The molecule has 1 aliphatic rings. The normalized spacial score (nSPS) is 23.7. The molecule has 3 nitrogen and oxygen atoms in total. The molecule has 1 atom stereocenters. The highest BCUT2D eigenvalue weighted by atomic mass is 32.2. The van der Waals surface area contributed by atoms with Gasteiger partial charge in [0.25, 0.3) is 0 Å². The molecule has 1 N–H and O–H groups in total. The fraction of sp³-hybridized carbons (Fsp3) is 0.909. The summed E-state index contributed by atoms with van der Waals surface area (Å²) >= 11 is 1.85. The van der Waals surface area contributed by atoms with Gasteiger partial charge < -0.3 is 10.1 Å². The van der Waals surface area contributed by atoms with Gasteiger partial charge in [-0.1, -0.05) is 25.6 Å². The van der Waals surface area contributed by atoms with Crippen molar-refractivity contribution in [1.29, 1.82) is 0 Å². The molecule has 88 valence electrons. The molecule has 0 spiro atoms. The topological polar surface area (TPSA) is 33.6 Å². The van der Waals surface area contributed by atoms with Crippen molar-refractivity contribution in [2.45, 2.75) is 32.7 Å². The van der Waals surface area contributed by atoms with Crippen LogP contribution in [0.3, 0.4) is 0 Å². The van der Waals surface area contributed by atoms with Gasteiger partial charge in [-0.25, -0.2) is 0 Å². The van der Waals surface area contributed by atoms with Crippen molar-refractivity contribution in [2.75, 3.05) is 26.0 Å². The van der Waals surface area contributed by atoms with Crippen LogP contribution in [0, 0.1) is 5.92 Å². The lowest BCUT2D eigenvalue weighted by molar-refractivity contribution is 0.193. The van der Waals surface area contributed by atoms with E-state index in [1.54, 1.807) is 7.11 Å². The maximum absolute atomic E-state index is 4.99. The molecule has 0 aromatic heterocycles. The van der Waals surface area contributed by atoms with Crippen LogP contribution in [0.15, 0.2) is 4.99 Å². The van der Waals surface area contributed by atoms with Crippen LogP contribution < -0.4 is 5.32 Å². The van der Waals surface area contributed by atoms with Gasteiger partial charge in [-0.05, 0) is 18.8 Å². The van der Waals surface area contributed by atoms with Crippen LogP contribution in [-0.4, -0.2) is 37.2 Å². The van der Waals surface area contributed by atoms with Crippen molar-refractivity contribution in [3.63, 3.8) is 0 Å². The molecule has 1 saturated heterocycles. The van der Waals surface area contributed by atoms with Gasteiger partial charge >= 0.3 is 0 Å². The fourth-order valence-electron chi connectivity index (χ4n) is 1.40. The van der Waals surface area contributed by atoms with Crippen molar-refractivity contribution in [2.24, 2.45) is 10.9 Å². The third-order valence-electron chi connectivity index (χ3n) is 2.53. The maximum atomic E-state index is 4.99. The van der Waals surface area contributed by atoms with Crippen molar-refractivity contribution < 1.29 is 4.74 Å². The lowest BCUT2D eigenvalue weighted by Crippen LogP contribution is -2.31. The first-order chi connectivity index (χ1) is 7.24. The Morgan fingerprint density at radius 2 is 2.33 bits per heavy atom. The standard InChI is InChI=1S/C11H22N2OS/c1-9(2)10-8-15-11(13-10)12-6-4-5-7-14-3/h9-10H,4-8H2,1-3H3,(H,12,13). The van der Waals surface area contributed by atoms with E-state index in [-0.39, 0.29) is 0 Å². The van der Waals surface area contributed by atoms with E-state index >= 15 is 0 Å². The van der Waals surface area contributed by atoms with Crippen LogP contribution in [0.4, 0.5) is 0 Å². The Kier molecular flexibility index (Phi) is 6.10. The van der Waals surface area contributed by atoms with Crippen molar-refractivity contribution in [3.8, 4) is 0 Å². The molecule has 4 heteroatoms. The number of thioether (sulfide) groups is 1. The Morgan fingerprint density at radius 3 is 2.93 bits per heavy atom. The molecule has 0 amide bonds.